The van der Waals surface area contributed by atoms with E-state index in [1.165, 1.54) is 0 Å². The number of rotatable bonds is 3. The molecule has 0 spiro atoms. The van der Waals surface area contributed by atoms with E-state index in [2.05, 4.69) is 51.0 Å². The SMILES string of the molecule is c1ccc(-c2cccc(-c3nn[nH]n3)c2-c2ccccc2)cc1. The summed E-state index contributed by atoms with van der Waals surface area (Å²) in [5.74, 6) is 0.599. The van der Waals surface area contributed by atoms with E-state index in [9.17, 15) is 0 Å². The van der Waals surface area contributed by atoms with Crippen molar-refractivity contribution in [3.05, 3.63) is 78.9 Å². The van der Waals surface area contributed by atoms with Gasteiger partial charge in [-0.25, -0.2) is 0 Å². The largest absolute Gasteiger partial charge is 0.205 e. The second-order valence-corrected chi connectivity index (χ2v) is 5.20. The van der Waals surface area contributed by atoms with Gasteiger partial charge in [0.15, 0.2) is 0 Å². The van der Waals surface area contributed by atoms with E-state index in [-0.39, 0.29) is 0 Å². The fraction of sp³-hybridized carbons (Fsp3) is 0. The van der Waals surface area contributed by atoms with Crippen molar-refractivity contribution >= 4 is 0 Å². The van der Waals surface area contributed by atoms with Gasteiger partial charge < -0.3 is 0 Å². The molecule has 4 heteroatoms. The Kier molecular flexibility index (Phi) is 3.41. The van der Waals surface area contributed by atoms with E-state index in [0.717, 1.165) is 27.8 Å². The first-order valence-corrected chi connectivity index (χ1v) is 7.41. The molecule has 0 radical (unpaired) electrons. The number of nitrogens with zero attached hydrogens (tertiary/aromatic N) is 3. The Morgan fingerprint density at radius 2 is 1.26 bits per heavy atom. The number of aromatic amines is 1. The summed E-state index contributed by atoms with van der Waals surface area (Å²) in [4.78, 5) is 0. The molecule has 0 atom stereocenters. The number of tetrazole rings is 1. The van der Waals surface area contributed by atoms with Gasteiger partial charge >= 0.3 is 0 Å². The summed E-state index contributed by atoms with van der Waals surface area (Å²) in [6.45, 7) is 0. The van der Waals surface area contributed by atoms with Gasteiger partial charge in [0.2, 0.25) is 5.82 Å². The smallest absolute Gasteiger partial charge is 0.177 e. The Hall–Kier alpha value is -3.27. The lowest BCUT2D eigenvalue weighted by Crippen LogP contribution is -1.91. The highest BCUT2D eigenvalue weighted by atomic mass is 15.5. The van der Waals surface area contributed by atoms with Gasteiger partial charge in [-0.05, 0) is 21.9 Å². The summed E-state index contributed by atoms with van der Waals surface area (Å²) >= 11 is 0. The lowest BCUT2D eigenvalue weighted by molar-refractivity contribution is 0.881. The Balaban J connectivity index is 2.02. The molecule has 3 aromatic carbocycles. The topological polar surface area (TPSA) is 54.5 Å². The summed E-state index contributed by atoms with van der Waals surface area (Å²) in [6, 6.07) is 26.8. The van der Waals surface area contributed by atoms with Crippen LogP contribution in [0.1, 0.15) is 0 Å². The monoisotopic (exact) mass is 298 g/mol. The molecule has 4 aromatic rings. The highest BCUT2D eigenvalue weighted by Crippen LogP contribution is 2.38. The van der Waals surface area contributed by atoms with Crippen molar-refractivity contribution in [1.29, 1.82) is 0 Å². The zero-order valence-electron chi connectivity index (χ0n) is 12.3. The third-order valence-corrected chi connectivity index (χ3v) is 3.80. The van der Waals surface area contributed by atoms with Crippen molar-refractivity contribution in [2.24, 2.45) is 0 Å². The zero-order chi connectivity index (χ0) is 15.5. The van der Waals surface area contributed by atoms with Gasteiger partial charge in [-0.1, -0.05) is 78.9 Å². The Morgan fingerprint density at radius 1 is 0.609 bits per heavy atom. The molecule has 1 aromatic heterocycles. The maximum atomic E-state index is 4.16. The molecular formula is C19H14N4. The minimum absolute atomic E-state index is 0.599. The standard InChI is InChI=1S/C19H14N4/c1-3-8-14(9-4-1)16-12-7-13-17(19-20-22-23-21-19)18(16)15-10-5-2-6-11-15/h1-13H,(H,20,21,22,23). The van der Waals surface area contributed by atoms with Gasteiger partial charge in [-0.3, -0.25) is 0 Å². The summed E-state index contributed by atoms with van der Waals surface area (Å²) < 4.78 is 0. The van der Waals surface area contributed by atoms with Crippen molar-refractivity contribution in [2.75, 3.05) is 0 Å². The maximum Gasteiger partial charge on any atom is 0.205 e. The Bertz CT molecular complexity index is 901. The van der Waals surface area contributed by atoms with Crippen molar-refractivity contribution in [3.8, 4) is 33.6 Å². The average Bonchev–Trinajstić information content (AvgIpc) is 3.17. The fourth-order valence-electron chi connectivity index (χ4n) is 2.79. The molecule has 0 saturated heterocycles. The predicted octanol–water partition coefficient (Wildman–Crippen LogP) is 4.20. The average molecular weight is 298 g/mol. The van der Waals surface area contributed by atoms with Crippen LogP contribution in [0.15, 0.2) is 78.9 Å². The molecule has 1 N–H and O–H groups in total. The molecule has 110 valence electrons. The van der Waals surface area contributed by atoms with E-state index in [1.54, 1.807) is 0 Å². The van der Waals surface area contributed by atoms with Crippen LogP contribution in [0, 0.1) is 0 Å². The van der Waals surface area contributed by atoms with E-state index < -0.39 is 0 Å². The van der Waals surface area contributed by atoms with Crippen LogP contribution in [0.25, 0.3) is 33.6 Å². The number of hydrogen-bond donors (Lipinski definition) is 1. The van der Waals surface area contributed by atoms with Gasteiger partial charge in [0, 0.05) is 11.1 Å². The summed E-state index contributed by atoms with van der Waals surface area (Å²) in [6.07, 6.45) is 0. The summed E-state index contributed by atoms with van der Waals surface area (Å²) in [5.41, 5.74) is 5.52. The van der Waals surface area contributed by atoms with Crippen LogP contribution in [-0.2, 0) is 0 Å². The third-order valence-electron chi connectivity index (χ3n) is 3.80. The van der Waals surface area contributed by atoms with E-state index in [1.807, 2.05) is 48.5 Å². The van der Waals surface area contributed by atoms with Crippen LogP contribution in [0.5, 0.6) is 0 Å². The van der Waals surface area contributed by atoms with E-state index in [0.29, 0.717) is 5.82 Å². The number of hydrogen-bond acceptors (Lipinski definition) is 3. The van der Waals surface area contributed by atoms with E-state index >= 15 is 0 Å². The lowest BCUT2D eigenvalue weighted by Gasteiger charge is -2.14. The molecule has 0 amide bonds. The zero-order valence-corrected chi connectivity index (χ0v) is 12.3. The van der Waals surface area contributed by atoms with Crippen LogP contribution >= 0.6 is 0 Å². The van der Waals surface area contributed by atoms with Gasteiger partial charge in [-0.15, -0.1) is 10.2 Å². The quantitative estimate of drug-likeness (QED) is 0.616. The third kappa shape index (κ3) is 2.51. The normalized spacial score (nSPS) is 10.6. The molecular weight excluding hydrogens is 284 g/mol. The summed E-state index contributed by atoms with van der Waals surface area (Å²) in [7, 11) is 0. The molecule has 0 bridgehead atoms. The minimum Gasteiger partial charge on any atom is -0.177 e. The lowest BCUT2D eigenvalue weighted by atomic mass is 9.90. The Morgan fingerprint density at radius 3 is 1.91 bits per heavy atom. The van der Waals surface area contributed by atoms with Crippen LogP contribution in [0.2, 0.25) is 0 Å². The molecule has 0 unspecified atom stereocenters. The first kappa shape index (κ1) is 13.4. The van der Waals surface area contributed by atoms with Crippen LogP contribution < -0.4 is 0 Å². The number of aromatic nitrogens is 4. The fourth-order valence-corrected chi connectivity index (χ4v) is 2.79. The first-order valence-electron chi connectivity index (χ1n) is 7.41. The molecule has 0 aliphatic heterocycles. The number of benzene rings is 3. The molecule has 0 fully saturated rings. The predicted molar refractivity (Wildman–Crippen MR) is 90.5 cm³/mol. The number of H-pyrrole nitrogens is 1. The molecule has 1 heterocycles. The Labute approximate surface area is 133 Å². The highest BCUT2D eigenvalue weighted by molar-refractivity contribution is 5.92. The van der Waals surface area contributed by atoms with Gasteiger partial charge in [0.25, 0.3) is 0 Å². The minimum atomic E-state index is 0.599. The molecule has 4 nitrogen and oxygen atoms in total. The van der Waals surface area contributed by atoms with Crippen LogP contribution in [0.3, 0.4) is 0 Å². The van der Waals surface area contributed by atoms with Crippen LogP contribution in [-0.4, -0.2) is 20.6 Å². The second kappa shape index (κ2) is 5.85. The maximum absolute atomic E-state index is 4.16. The van der Waals surface area contributed by atoms with Gasteiger partial charge in [0.05, 0.1) is 0 Å². The van der Waals surface area contributed by atoms with Crippen molar-refractivity contribution in [1.82, 2.24) is 20.6 Å². The van der Waals surface area contributed by atoms with Crippen molar-refractivity contribution < 1.29 is 0 Å². The van der Waals surface area contributed by atoms with Gasteiger partial charge in [-0.2, -0.15) is 5.21 Å². The molecule has 23 heavy (non-hydrogen) atoms. The molecule has 0 aliphatic carbocycles. The second-order valence-electron chi connectivity index (χ2n) is 5.20. The van der Waals surface area contributed by atoms with Crippen LogP contribution in [0.4, 0.5) is 0 Å². The molecule has 0 aliphatic rings. The first-order chi connectivity index (χ1) is 11.4. The number of nitrogens with one attached hydrogen (secondary N) is 1. The summed E-state index contributed by atoms with van der Waals surface area (Å²) in [5, 5.41) is 14.6. The van der Waals surface area contributed by atoms with Crippen molar-refractivity contribution in [3.63, 3.8) is 0 Å². The van der Waals surface area contributed by atoms with Crippen molar-refractivity contribution in [2.45, 2.75) is 0 Å². The van der Waals surface area contributed by atoms with E-state index in [4.69, 9.17) is 0 Å². The van der Waals surface area contributed by atoms with Gasteiger partial charge in [0.1, 0.15) is 0 Å². The highest BCUT2D eigenvalue weighted by Gasteiger charge is 2.15. The molecule has 0 saturated carbocycles. The molecule has 4 rings (SSSR count).